The van der Waals surface area contributed by atoms with Gasteiger partial charge in [-0.05, 0) is 35.9 Å². The van der Waals surface area contributed by atoms with Gasteiger partial charge in [0.2, 0.25) is 11.7 Å². The average molecular weight is 367 g/mol. The van der Waals surface area contributed by atoms with Crippen LogP contribution in [0, 0.1) is 0 Å². The molecule has 0 bridgehead atoms. The van der Waals surface area contributed by atoms with Crippen molar-refractivity contribution in [3.05, 3.63) is 66.1 Å². The van der Waals surface area contributed by atoms with E-state index in [1.54, 1.807) is 42.7 Å². The second-order valence-corrected chi connectivity index (χ2v) is 5.55. The van der Waals surface area contributed by atoms with Crippen molar-refractivity contribution in [3.8, 4) is 5.75 Å². The van der Waals surface area contributed by atoms with Crippen molar-refractivity contribution < 1.29 is 18.8 Å². The molecule has 1 aromatic carbocycles. The molecular weight excluding hydrogens is 350 g/mol. The molecule has 2 N–H and O–H groups in total. The van der Waals surface area contributed by atoms with Gasteiger partial charge in [-0.1, -0.05) is 11.2 Å². The molecule has 3 aromatic rings. The molecule has 2 heterocycles. The minimum atomic E-state index is -0.475. The Morgan fingerprint density at radius 1 is 1.19 bits per heavy atom. The van der Waals surface area contributed by atoms with E-state index < -0.39 is 5.91 Å². The number of anilines is 1. The highest BCUT2D eigenvalue weighted by Crippen LogP contribution is 2.16. The van der Waals surface area contributed by atoms with Crippen molar-refractivity contribution in [2.24, 2.45) is 0 Å². The monoisotopic (exact) mass is 367 g/mol. The first kappa shape index (κ1) is 18.1. The van der Waals surface area contributed by atoms with E-state index in [9.17, 15) is 9.59 Å². The molecule has 0 aliphatic heterocycles. The van der Waals surface area contributed by atoms with Gasteiger partial charge in [-0.15, -0.1) is 0 Å². The molecule has 2 aromatic heterocycles. The van der Waals surface area contributed by atoms with E-state index in [1.165, 1.54) is 6.92 Å². The summed E-state index contributed by atoms with van der Waals surface area (Å²) < 4.78 is 10.5. The predicted molar refractivity (Wildman–Crippen MR) is 94.8 cm³/mol. The highest BCUT2D eigenvalue weighted by atomic mass is 16.5. The van der Waals surface area contributed by atoms with E-state index in [0.29, 0.717) is 18.0 Å². The van der Waals surface area contributed by atoms with Crippen molar-refractivity contribution >= 4 is 17.5 Å². The molecule has 0 saturated heterocycles. The number of nitrogens with zero attached hydrogens (tertiary/aromatic N) is 3. The topological polar surface area (TPSA) is 119 Å². The number of aromatic nitrogens is 3. The second-order valence-electron chi connectivity index (χ2n) is 5.55. The van der Waals surface area contributed by atoms with Gasteiger partial charge in [0.1, 0.15) is 5.75 Å². The molecule has 0 atom stereocenters. The Morgan fingerprint density at radius 2 is 2.00 bits per heavy atom. The van der Waals surface area contributed by atoms with Crippen LogP contribution in [0.25, 0.3) is 0 Å². The van der Waals surface area contributed by atoms with Gasteiger partial charge in [0, 0.05) is 31.5 Å². The van der Waals surface area contributed by atoms with E-state index in [-0.39, 0.29) is 24.2 Å². The first-order chi connectivity index (χ1) is 13.1. The number of amides is 2. The van der Waals surface area contributed by atoms with E-state index in [0.717, 1.165) is 5.56 Å². The summed E-state index contributed by atoms with van der Waals surface area (Å²) in [5, 5.41) is 9.06. The smallest absolute Gasteiger partial charge is 0.316 e. The molecule has 9 heteroatoms. The predicted octanol–water partition coefficient (Wildman–Crippen LogP) is 1.93. The number of pyridine rings is 1. The standard InChI is InChI=1S/C18H17N5O4/c1-12(24)21-14-4-6-15(7-5-14)26-11-16-22-18(27-23-16)17(25)20-10-13-3-2-8-19-9-13/h2-9H,10-11H2,1H3,(H,20,25)(H,21,24). The Hall–Kier alpha value is -3.75. The fraction of sp³-hybridized carbons (Fsp3) is 0.167. The minimum absolute atomic E-state index is 0.0405. The number of carbonyl (C=O) groups excluding carboxylic acids is 2. The van der Waals surface area contributed by atoms with Gasteiger partial charge in [0.15, 0.2) is 6.61 Å². The lowest BCUT2D eigenvalue weighted by atomic mass is 10.3. The lowest BCUT2D eigenvalue weighted by molar-refractivity contribution is -0.114. The summed E-state index contributed by atoms with van der Waals surface area (Å²) in [6, 6.07) is 10.5. The third-order valence-electron chi connectivity index (χ3n) is 3.38. The molecule has 0 saturated carbocycles. The summed E-state index contributed by atoms with van der Waals surface area (Å²) in [7, 11) is 0. The third kappa shape index (κ3) is 5.36. The SMILES string of the molecule is CC(=O)Nc1ccc(OCc2noc(C(=O)NCc3cccnc3)n2)cc1. The fourth-order valence-corrected chi connectivity index (χ4v) is 2.15. The number of benzene rings is 1. The summed E-state index contributed by atoms with van der Waals surface area (Å²) in [6.07, 6.45) is 3.31. The Balaban J connectivity index is 1.50. The van der Waals surface area contributed by atoms with Gasteiger partial charge in [-0.25, -0.2) is 0 Å². The molecule has 0 fully saturated rings. The fourth-order valence-electron chi connectivity index (χ4n) is 2.15. The number of carbonyl (C=O) groups is 2. The summed E-state index contributed by atoms with van der Waals surface area (Å²) in [5.74, 6) is 0.0458. The van der Waals surface area contributed by atoms with Gasteiger partial charge >= 0.3 is 11.8 Å². The van der Waals surface area contributed by atoms with Crippen LogP contribution in [0.5, 0.6) is 5.75 Å². The van der Waals surface area contributed by atoms with Gasteiger partial charge in [0.25, 0.3) is 0 Å². The zero-order valence-corrected chi connectivity index (χ0v) is 14.5. The maximum atomic E-state index is 12.0. The Bertz CT molecular complexity index is 909. The zero-order chi connectivity index (χ0) is 19.1. The zero-order valence-electron chi connectivity index (χ0n) is 14.5. The number of hydrogen-bond donors (Lipinski definition) is 2. The summed E-state index contributed by atoms with van der Waals surface area (Å²) in [5.41, 5.74) is 1.53. The molecule has 0 aliphatic rings. The van der Waals surface area contributed by atoms with Crippen molar-refractivity contribution in [2.75, 3.05) is 5.32 Å². The molecule has 0 spiro atoms. The van der Waals surface area contributed by atoms with Crippen LogP contribution in [0.1, 0.15) is 29.0 Å². The van der Waals surface area contributed by atoms with E-state index in [2.05, 4.69) is 25.8 Å². The largest absolute Gasteiger partial charge is 0.485 e. The van der Waals surface area contributed by atoms with Crippen molar-refractivity contribution in [2.45, 2.75) is 20.1 Å². The van der Waals surface area contributed by atoms with Gasteiger partial charge in [-0.3, -0.25) is 14.6 Å². The van der Waals surface area contributed by atoms with Crippen molar-refractivity contribution in [3.63, 3.8) is 0 Å². The molecule has 0 aliphatic carbocycles. The molecule has 27 heavy (non-hydrogen) atoms. The third-order valence-corrected chi connectivity index (χ3v) is 3.38. The molecular formula is C18H17N5O4. The van der Waals surface area contributed by atoms with Crippen LogP contribution in [-0.4, -0.2) is 26.9 Å². The van der Waals surface area contributed by atoms with Crippen molar-refractivity contribution in [1.29, 1.82) is 0 Å². The second kappa shape index (κ2) is 8.56. The summed E-state index contributed by atoms with van der Waals surface area (Å²) >= 11 is 0. The maximum absolute atomic E-state index is 12.0. The van der Waals surface area contributed by atoms with Crippen LogP contribution in [0.4, 0.5) is 5.69 Å². The van der Waals surface area contributed by atoms with Crippen LogP contribution in [0.2, 0.25) is 0 Å². The Morgan fingerprint density at radius 3 is 2.70 bits per heavy atom. The molecule has 2 amide bonds. The first-order valence-corrected chi connectivity index (χ1v) is 8.10. The molecule has 0 unspecified atom stereocenters. The van der Waals surface area contributed by atoms with Crippen LogP contribution in [-0.2, 0) is 17.9 Å². The van der Waals surface area contributed by atoms with Crippen LogP contribution in [0.15, 0.2) is 53.3 Å². The highest BCUT2D eigenvalue weighted by molar-refractivity contribution is 5.89. The number of hydrogen-bond acceptors (Lipinski definition) is 7. The quantitative estimate of drug-likeness (QED) is 0.655. The number of nitrogens with one attached hydrogen (secondary N) is 2. The molecule has 138 valence electrons. The summed E-state index contributed by atoms with van der Waals surface area (Å²) in [6.45, 7) is 1.78. The average Bonchev–Trinajstić information content (AvgIpc) is 3.15. The van der Waals surface area contributed by atoms with Gasteiger partial charge in [-0.2, -0.15) is 4.98 Å². The van der Waals surface area contributed by atoms with Crippen molar-refractivity contribution in [1.82, 2.24) is 20.4 Å². The first-order valence-electron chi connectivity index (χ1n) is 8.10. The Kier molecular flexibility index (Phi) is 5.73. The van der Waals surface area contributed by atoms with E-state index in [1.807, 2.05) is 6.07 Å². The molecule has 3 rings (SSSR count). The number of rotatable bonds is 7. The van der Waals surface area contributed by atoms with Crippen LogP contribution < -0.4 is 15.4 Å². The van der Waals surface area contributed by atoms with Crippen LogP contribution >= 0.6 is 0 Å². The highest BCUT2D eigenvalue weighted by Gasteiger charge is 2.15. The lowest BCUT2D eigenvalue weighted by Gasteiger charge is -2.05. The Labute approximate surface area is 154 Å². The van der Waals surface area contributed by atoms with Gasteiger partial charge in [0.05, 0.1) is 0 Å². The maximum Gasteiger partial charge on any atom is 0.316 e. The lowest BCUT2D eigenvalue weighted by Crippen LogP contribution is -2.23. The van der Waals surface area contributed by atoms with E-state index in [4.69, 9.17) is 9.26 Å². The molecule has 0 radical (unpaired) electrons. The minimum Gasteiger partial charge on any atom is -0.485 e. The van der Waals surface area contributed by atoms with E-state index >= 15 is 0 Å². The van der Waals surface area contributed by atoms with Crippen LogP contribution in [0.3, 0.4) is 0 Å². The van der Waals surface area contributed by atoms with Gasteiger partial charge < -0.3 is 19.9 Å². The normalized spacial score (nSPS) is 10.3. The number of ether oxygens (including phenoxy) is 1. The summed E-state index contributed by atoms with van der Waals surface area (Å²) in [4.78, 5) is 31.0. The molecule has 9 nitrogen and oxygen atoms in total.